The van der Waals surface area contributed by atoms with Crippen molar-refractivity contribution in [3.05, 3.63) is 0 Å². The summed E-state index contributed by atoms with van der Waals surface area (Å²) in [5.41, 5.74) is -0.346. The second-order valence-corrected chi connectivity index (χ2v) is 3.18. The topological polar surface area (TPSA) is 35.8 Å². The highest BCUT2D eigenvalue weighted by Gasteiger charge is 2.30. The molecule has 0 bridgehead atoms. The second-order valence-electron chi connectivity index (χ2n) is 3.18. The number of rotatable bonds is 1. The lowest BCUT2D eigenvalue weighted by atomic mass is 9.87. The van der Waals surface area contributed by atoms with E-state index in [0.717, 1.165) is 19.4 Å². The highest BCUT2D eigenvalue weighted by Crippen LogP contribution is 2.21. The minimum atomic E-state index is -0.346. The van der Waals surface area contributed by atoms with E-state index in [0.29, 0.717) is 6.42 Å². The Bertz CT molecular complexity index is 233. The molecule has 64 valence electrons. The molecule has 1 saturated heterocycles. The standard InChI is InChI=1S/C10H14N2/c1-2-3-6-10(9-11)7-4-5-8-12-10/h12H,4-8H2,1H3. The van der Waals surface area contributed by atoms with Gasteiger partial charge in [0.1, 0.15) is 5.54 Å². The molecule has 0 saturated carbocycles. The van der Waals surface area contributed by atoms with Gasteiger partial charge in [-0.25, -0.2) is 0 Å². The Morgan fingerprint density at radius 2 is 2.33 bits per heavy atom. The summed E-state index contributed by atoms with van der Waals surface area (Å²) in [6, 6.07) is 2.34. The molecule has 0 aromatic carbocycles. The molecule has 0 aliphatic carbocycles. The zero-order chi connectivity index (χ0) is 8.86. The largest absolute Gasteiger partial charge is 0.299 e. The lowest BCUT2D eigenvalue weighted by molar-refractivity contribution is 0.329. The van der Waals surface area contributed by atoms with Crippen molar-refractivity contribution in [3.63, 3.8) is 0 Å². The molecule has 1 fully saturated rings. The average Bonchev–Trinajstić information content (AvgIpc) is 2.16. The van der Waals surface area contributed by atoms with Crippen molar-refractivity contribution in [2.45, 2.75) is 38.1 Å². The maximum Gasteiger partial charge on any atom is 0.117 e. The predicted octanol–water partition coefficient (Wildman–Crippen LogP) is 1.44. The summed E-state index contributed by atoms with van der Waals surface area (Å²) >= 11 is 0. The smallest absolute Gasteiger partial charge is 0.117 e. The summed E-state index contributed by atoms with van der Waals surface area (Å²) in [5.74, 6) is 5.81. The molecular weight excluding hydrogens is 148 g/mol. The van der Waals surface area contributed by atoms with E-state index < -0.39 is 0 Å². The summed E-state index contributed by atoms with van der Waals surface area (Å²) in [6.07, 6.45) is 3.94. The minimum Gasteiger partial charge on any atom is -0.299 e. The molecule has 1 aliphatic rings. The molecule has 1 atom stereocenters. The maximum absolute atomic E-state index is 8.99. The van der Waals surface area contributed by atoms with Gasteiger partial charge in [0.25, 0.3) is 0 Å². The van der Waals surface area contributed by atoms with Gasteiger partial charge < -0.3 is 0 Å². The van der Waals surface area contributed by atoms with Crippen molar-refractivity contribution in [2.24, 2.45) is 0 Å². The van der Waals surface area contributed by atoms with Crippen LogP contribution >= 0.6 is 0 Å². The summed E-state index contributed by atoms with van der Waals surface area (Å²) in [5, 5.41) is 12.2. The monoisotopic (exact) mass is 162 g/mol. The fourth-order valence-corrected chi connectivity index (χ4v) is 1.49. The van der Waals surface area contributed by atoms with E-state index in [2.05, 4.69) is 23.2 Å². The molecule has 1 N–H and O–H groups in total. The zero-order valence-corrected chi connectivity index (χ0v) is 7.48. The normalized spacial score (nSPS) is 28.3. The lowest BCUT2D eigenvalue weighted by Gasteiger charge is -2.30. The van der Waals surface area contributed by atoms with Gasteiger partial charge in [-0.1, -0.05) is 0 Å². The molecule has 0 amide bonds. The van der Waals surface area contributed by atoms with Crippen molar-refractivity contribution in [2.75, 3.05) is 6.54 Å². The molecule has 1 unspecified atom stereocenters. The van der Waals surface area contributed by atoms with Gasteiger partial charge in [-0.05, 0) is 32.7 Å². The Balaban J connectivity index is 2.59. The molecule has 1 aliphatic heterocycles. The van der Waals surface area contributed by atoms with Gasteiger partial charge in [0, 0.05) is 6.42 Å². The zero-order valence-electron chi connectivity index (χ0n) is 7.48. The van der Waals surface area contributed by atoms with Gasteiger partial charge in [-0.2, -0.15) is 5.26 Å². The first-order valence-electron chi connectivity index (χ1n) is 4.39. The van der Waals surface area contributed by atoms with Gasteiger partial charge >= 0.3 is 0 Å². The second kappa shape index (κ2) is 4.14. The highest BCUT2D eigenvalue weighted by molar-refractivity contribution is 5.15. The molecule has 1 heterocycles. The predicted molar refractivity (Wildman–Crippen MR) is 48.3 cm³/mol. The maximum atomic E-state index is 8.99. The molecule has 0 spiro atoms. The van der Waals surface area contributed by atoms with Gasteiger partial charge in [-0.15, -0.1) is 11.8 Å². The number of nitriles is 1. The Morgan fingerprint density at radius 1 is 1.50 bits per heavy atom. The summed E-state index contributed by atoms with van der Waals surface area (Å²) in [6.45, 7) is 2.77. The third kappa shape index (κ3) is 2.00. The first-order valence-corrected chi connectivity index (χ1v) is 4.39. The molecule has 1 rings (SSSR count). The van der Waals surface area contributed by atoms with E-state index in [-0.39, 0.29) is 5.54 Å². The molecular formula is C10H14N2. The van der Waals surface area contributed by atoms with E-state index in [1.807, 2.05) is 6.92 Å². The third-order valence-corrected chi connectivity index (χ3v) is 2.27. The fourth-order valence-electron chi connectivity index (χ4n) is 1.49. The average molecular weight is 162 g/mol. The number of hydrogen-bond acceptors (Lipinski definition) is 2. The Labute approximate surface area is 74.0 Å². The molecule has 0 radical (unpaired) electrons. The van der Waals surface area contributed by atoms with Gasteiger partial charge in [0.2, 0.25) is 0 Å². The van der Waals surface area contributed by atoms with Crippen LogP contribution in [0.15, 0.2) is 0 Å². The van der Waals surface area contributed by atoms with Gasteiger partial charge in [0.15, 0.2) is 0 Å². The molecule has 2 nitrogen and oxygen atoms in total. The van der Waals surface area contributed by atoms with Crippen LogP contribution in [0.3, 0.4) is 0 Å². The Kier molecular flexibility index (Phi) is 3.14. The fraction of sp³-hybridized carbons (Fsp3) is 0.700. The quantitative estimate of drug-likeness (QED) is 0.592. The van der Waals surface area contributed by atoms with Crippen LogP contribution in [0.4, 0.5) is 0 Å². The minimum absolute atomic E-state index is 0.346. The number of nitrogens with zero attached hydrogens (tertiary/aromatic N) is 1. The van der Waals surface area contributed by atoms with Crippen LogP contribution in [0.1, 0.15) is 32.6 Å². The summed E-state index contributed by atoms with van der Waals surface area (Å²) in [7, 11) is 0. The number of nitrogens with one attached hydrogen (secondary N) is 1. The van der Waals surface area contributed by atoms with E-state index in [9.17, 15) is 0 Å². The van der Waals surface area contributed by atoms with Crippen LogP contribution < -0.4 is 5.32 Å². The summed E-state index contributed by atoms with van der Waals surface area (Å²) in [4.78, 5) is 0. The Morgan fingerprint density at radius 3 is 2.83 bits per heavy atom. The number of hydrogen-bond donors (Lipinski definition) is 1. The van der Waals surface area contributed by atoms with E-state index in [4.69, 9.17) is 5.26 Å². The van der Waals surface area contributed by atoms with Gasteiger partial charge in [0.05, 0.1) is 6.07 Å². The van der Waals surface area contributed by atoms with Crippen molar-refractivity contribution >= 4 is 0 Å². The first-order chi connectivity index (χ1) is 5.83. The highest BCUT2D eigenvalue weighted by atomic mass is 15.0. The molecule has 0 aromatic heterocycles. The third-order valence-electron chi connectivity index (χ3n) is 2.27. The van der Waals surface area contributed by atoms with E-state index >= 15 is 0 Å². The first kappa shape index (κ1) is 9.10. The van der Waals surface area contributed by atoms with Crippen LogP contribution in [-0.2, 0) is 0 Å². The molecule has 0 aromatic rings. The van der Waals surface area contributed by atoms with Crippen LogP contribution in [0, 0.1) is 23.2 Å². The lowest BCUT2D eigenvalue weighted by Crippen LogP contribution is -2.47. The SMILES string of the molecule is CC#CCC1(C#N)CCCCN1. The molecule has 2 heteroatoms. The van der Waals surface area contributed by atoms with Crippen molar-refractivity contribution in [3.8, 4) is 17.9 Å². The number of piperidine rings is 1. The van der Waals surface area contributed by atoms with Crippen molar-refractivity contribution < 1.29 is 0 Å². The Hall–Kier alpha value is -0.990. The molecule has 12 heavy (non-hydrogen) atoms. The van der Waals surface area contributed by atoms with E-state index in [1.165, 1.54) is 6.42 Å². The summed E-state index contributed by atoms with van der Waals surface area (Å²) < 4.78 is 0. The van der Waals surface area contributed by atoms with Crippen molar-refractivity contribution in [1.82, 2.24) is 5.32 Å². The van der Waals surface area contributed by atoms with E-state index in [1.54, 1.807) is 0 Å². The van der Waals surface area contributed by atoms with Crippen LogP contribution in [0.25, 0.3) is 0 Å². The van der Waals surface area contributed by atoms with Crippen LogP contribution in [-0.4, -0.2) is 12.1 Å². The van der Waals surface area contributed by atoms with Crippen LogP contribution in [0.5, 0.6) is 0 Å². The van der Waals surface area contributed by atoms with Crippen LogP contribution in [0.2, 0.25) is 0 Å². The van der Waals surface area contributed by atoms with Crippen molar-refractivity contribution in [1.29, 1.82) is 5.26 Å². The van der Waals surface area contributed by atoms with Gasteiger partial charge in [-0.3, -0.25) is 5.32 Å².